The lowest BCUT2D eigenvalue weighted by Gasteiger charge is -2.38. The molecular weight excluding hydrogens is 623 g/mol. The highest BCUT2D eigenvalue weighted by Gasteiger charge is 2.44. The fraction of sp³-hybridized carbons (Fsp3) is 0.394. The molecule has 1 N–H and O–H groups in total. The summed E-state index contributed by atoms with van der Waals surface area (Å²) >= 11 is 0. The summed E-state index contributed by atoms with van der Waals surface area (Å²) in [6.07, 6.45) is -4.43. The SMILES string of the molecule is COc1cccc(S(=O)(=O)N2C[C@@H](Cc3ccccc3)[C@H](C(=O)N3CCN(c4cc(C)ccc4C)CC3)C2)c1.O=C(O)C(F)(F)F. The number of amides is 1. The van der Waals surface area contributed by atoms with E-state index in [4.69, 9.17) is 14.6 Å². The zero-order valence-corrected chi connectivity index (χ0v) is 26.7. The molecule has 2 heterocycles. The van der Waals surface area contributed by atoms with E-state index in [0.29, 0.717) is 31.8 Å². The molecular formula is C33H38F3N3O6S. The molecule has 0 unspecified atom stereocenters. The number of carbonyl (C=O) groups is 2. The van der Waals surface area contributed by atoms with Crippen LogP contribution in [0.3, 0.4) is 0 Å². The van der Waals surface area contributed by atoms with Crippen molar-refractivity contribution in [2.75, 3.05) is 51.3 Å². The van der Waals surface area contributed by atoms with Gasteiger partial charge >= 0.3 is 12.1 Å². The number of methoxy groups -OCH3 is 1. The number of carbonyl (C=O) groups excluding carboxylic acids is 1. The summed E-state index contributed by atoms with van der Waals surface area (Å²) in [5, 5.41) is 7.12. The molecule has 0 bridgehead atoms. The van der Waals surface area contributed by atoms with Gasteiger partial charge in [-0.3, -0.25) is 4.79 Å². The first-order valence-electron chi connectivity index (χ1n) is 14.8. The van der Waals surface area contributed by atoms with Crippen LogP contribution < -0.4 is 9.64 Å². The molecule has 5 rings (SSSR count). The lowest BCUT2D eigenvalue weighted by Crippen LogP contribution is -2.51. The van der Waals surface area contributed by atoms with Gasteiger partial charge in [0.1, 0.15) is 5.75 Å². The summed E-state index contributed by atoms with van der Waals surface area (Å²) in [4.78, 5) is 27.3. The largest absolute Gasteiger partial charge is 0.497 e. The normalized spacial score (nSPS) is 18.9. The van der Waals surface area contributed by atoms with E-state index in [1.54, 1.807) is 24.3 Å². The Morgan fingerprint density at radius 3 is 2.17 bits per heavy atom. The van der Waals surface area contributed by atoms with Gasteiger partial charge < -0.3 is 19.6 Å². The van der Waals surface area contributed by atoms with Crippen molar-refractivity contribution in [1.29, 1.82) is 0 Å². The first kappa shape index (κ1) is 34.8. The van der Waals surface area contributed by atoms with E-state index in [2.05, 4.69) is 36.9 Å². The highest BCUT2D eigenvalue weighted by molar-refractivity contribution is 7.89. The number of aliphatic carboxylic acids is 1. The van der Waals surface area contributed by atoms with Crippen molar-refractivity contribution >= 4 is 27.6 Å². The third-order valence-corrected chi connectivity index (χ3v) is 10.1. The van der Waals surface area contributed by atoms with Crippen molar-refractivity contribution < 1.29 is 41.0 Å². The molecule has 2 saturated heterocycles. The molecule has 13 heteroatoms. The Morgan fingerprint density at radius 2 is 1.57 bits per heavy atom. The first-order valence-corrected chi connectivity index (χ1v) is 16.2. The zero-order valence-electron chi connectivity index (χ0n) is 25.9. The topological polar surface area (TPSA) is 107 Å². The van der Waals surface area contributed by atoms with E-state index in [1.165, 1.54) is 28.2 Å². The summed E-state index contributed by atoms with van der Waals surface area (Å²) in [5.74, 6) is -2.70. The van der Waals surface area contributed by atoms with Crippen molar-refractivity contribution in [2.45, 2.75) is 31.3 Å². The standard InChI is InChI=1S/C31H37N3O4S.C2HF3O2/c1-23-12-13-24(2)30(18-23)32-14-16-33(17-15-32)31(35)29-22-34(21-26(29)19-25-8-5-4-6-9-25)39(36,37)28-11-7-10-27(20-28)38-3;3-2(4,5)1(6)7/h4-13,18,20,26,29H,14-17,19,21-22H2,1-3H3;(H,6,7)/t26-,29-;/m1./s1. The number of anilines is 1. The smallest absolute Gasteiger partial charge is 0.490 e. The fourth-order valence-electron chi connectivity index (χ4n) is 5.80. The summed E-state index contributed by atoms with van der Waals surface area (Å²) < 4.78 is 65.8. The number of hydrogen-bond donors (Lipinski definition) is 1. The predicted octanol–water partition coefficient (Wildman–Crippen LogP) is 4.77. The Balaban J connectivity index is 0.000000617. The number of nitrogens with zero attached hydrogens (tertiary/aromatic N) is 3. The van der Waals surface area contributed by atoms with Crippen molar-refractivity contribution in [3.63, 3.8) is 0 Å². The fourth-order valence-corrected chi connectivity index (χ4v) is 7.36. The van der Waals surface area contributed by atoms with E-state index >= 15 is 0 Å². The molecule has 2 aliphatic rings. The maximum Gasteiger partial charge on any atom is 0.490 e. The van der Waals surface area contributed by atoms with Gasteiger partial charge in [-0.2, -0.15) is 17.5 Å². The Kier molecular flexibility index (Phi) is 11.0. The van der Waals surface area contributed by atoms with E-state index in [9.17, 15) is 26.4 Å². The third kappa shape index (κ3) is 8.38. The monoisotopic (exact) mass is 661 g/mol. The molecule has 2 atom stereocenters. The van der Waals surface area contributed by atoms with Gasteiger partial charge in [0.2, 0.25) is 15.9 Å². The van der Waals surface area contributed by atoms with Crippen LogP contribution in [0.2, 0.25) is 0 Å². The van der Waals surface area contributed by atoms with Gasteiger partial charge in [-0.15, -0.1) is 0 Å². The highest BCUT2D eigenvalue weighted by atomic mass is 32.2. The van der Waals surface area contributed by atoms with E-state index < -0.39 is 28.1 Å². The van der Waals surface area contributed by atoms with Gasteiger partial charge in [0.25, 0.3) is 0 Å². The Labute approximate surface area is 267 Å². The van der Waals surface area contributed by atoms with Gasteiger partial charge in [0, 0.05) is 51.0 Å². The minimum absolute atomic E-state index is 0.0555. The van der Waals surface area contributed by atoms with Crippen LogP contribution in [0.1, 0.15) is 16.7 Å². The lowest BCUT2D eigenvalue weighted by atomic mass is 9.88. The van der Waals surface area contributed by atoms with Crippen molar-refractivity contribution in [3.05, 3.63) is 89.5 Å². The Morgan fingerprint density at radius 1 is 0.913 bits per heavy atom. The van der Waals surface area contributed by atoms with Crippen LogP contribution in [0.5, 0.6) is 5.75 Å². The highest BCUT2D eigenvalue weighted by Crippen LogP contribution is 2.34. The molecule has 0 spiro atoms. The van der Waals surface area contributed by atoms with Gasteiger partial charge in [0.05, 0.1) is 17.9 Å². The van der Waals surface area contributed by atoms with Crippen molar-refractivity contribution in [2.24, 2.45) is 11.8 Å². The summed E-state index contributed by atoms with van der Waals surface area (Å²) in [6, 6.07) is 23.0. The number of benzene rings is 3. The molecule has 46 heavy (non-hydrogen) atoms. The average Bonchev–Trinajstić information content (AvgIpc) is 3.47. The van der Waals surface area contributed by atoms with Crippen LogP contribution in [-0.2, 0) is 26.0 Å². The number of aryl methyl sites for hydroxylation is 2. The first-order chi connectivity index (χ1) is 21.7. The van der Waals surface area contributed by atoms with Gasteiger partial charge in [-0.25, -0.2) is 13.2 Å². The maximum atomic E-state index is 13.9. The molecule has 0 saturated carbocycles. The third-order valence-electron chi connectivity index (χ3n) is 8.28. The Bertz CT molecular complexity index is 1630. The summed E-state index contributed by atoms with van der Waals surface area (Å²) in [6.45, 7) is 7.50. The number of carboxylic acid groups (broad SMARTS) is 1. The predicted molar refractivity (Wildman–Crippen MR) is 167 cm³/mol. The molecule has 1 amide bonds. The molecule has 9 nitrogen and oxygen atoms in total. The van der Waals surface area contributed by atoms with Crippen molar-refractivity contribution in [1.82, 2.24) is 9.21 Å². The van der Waals surface area contributed by atoms with Crippen LogP contribution in [0.25, 0.3) is 0 Å². The number of piperazine rings is 1. The van der Waals surface area contributed by atoms with Gasteiger partial charge in [-0.05, 0) is 61.1 Å². The maximum absolute atomic E-state index is 13.9. The molecule has 0 aliphatic carbocycles. The van der Waals surface area contributed by atoms with Gasteiger partial charge in [0.15, 0.2) is 0 Å². The molecule has 2 aliphatic heterocycles. The number of hydrogen-bond acceptors (Lipinski definition) is 6. The average molecular weight is 662 g/mol. The minimum atomic E-state index is -5.08. The van der Waals surface area contributed by atoms with Crippen LogP contribution in [0, 0.1) is 25.7 Å². The molecule has 2 fully saturated rings. The van der Waals surface area contributed by atoms with Crippen LogP contribution in [0.4, 0.5) is 18.9 Å². The second kappa shape index (κ2) is 14.5. The second-order valence-corrected chi connectivity index (χ2v) is 13.4. The number of ether oxygens (including phenoxy) is 1. The number of rotatable bonds is 7. The van der Waals surface area contributed by atoms with Crippen molar-refractivity contribution in [3.8, 4) is 5.75 Å². The summed E-state index contributed by atoms with van der Waals surface area (Å²) in [5.41, 5.74) is 4.79. The van der Waals surface area contributed by atoms with Crippen LogP contribution in [-0.4, -0.2) is 87.2 Å². The molecule has 0 aromatic heterocycles. The number of carboxylic acids is 1. The Hall–Kier alpha value is -4.10. The van der Waals surface area contributed by atoms with E-state index in [0.717, 1.165) is 18.7 Å². The number of sulfonamides is 1. The second-order valence-electron chi connectivity index (χ2n) is 11.5. The lowest BCUT2D eigenvalue weighted by molar-refractivity contribution is -0.192. The van der Waals surface area contributed by atoms with Crippen LogP contribution >= 0.6 is 0 Å². The van der Waals surface area contributed by atoms with Crippen LogP contribution in [0.15, 0.2) is 77.7 Å². The molecule has 3 aromatic rings. The van der Waals surface area contributed by atoms with Gasteiger partial charge in [-0.1, -0.05) is 48.5 Å². The van der Waals surface area contributed by atoms with E-state index in [-0.39, 0.29) is 23.3 Å². The zero-order chi connectivity index (χ0) is 33.6. The quantitative estimate of drug-likeness (QED) is 0.389. The minimum Gasteiger partial charge on any atom is -0.497 e. The molecule has 3 aromatic carbocycles. The number of halogens is 3. The molecule has 0 radical (unpaired) electrons. The van der Waals surface area contributed by atoms with E-state index in [1.807, 2.05) is 35.2 Å². The number of alkyl halides is 3. The molecule has 248 valence electrons. The summed E-state index contributed by atoms with van der Waals surface area (Å²) in [7, 11) is -2.25.